The minimum Gasteiger partial charge on any atom is -0.495 e. The normalized spacial score (nSPS) is 15.4. The third-order valence-electron chi connectivity index (χ3n) is 5.89. The van der Waals surface area contributed by atoms with E-state index in [4.69, 9.17) is 10.5 Å². The lowest BCUT2D eigenvalue weighted by Gasteiger charge is -2.19. The van der Waals surface area contributed by atoms with E-state index in [1.54, 1.807) is 6.07 Å². The van der Waals surface area contributed by atoms with Gasteiger partial charge in [0, 0.05) is 37.4 Å². The number of nitrogens with zero attached hydrogens (tertiary/aromatic N) is 1. The van der Waals surface area contributed by atoms with Crippen LogP contribution in [0.2, 0.25) is 0 Å². The van der Waals surface area contributed by atoms with Crippen LogP contribution in [0.15, 0.2) is 36.4 Å². The number of methoxy groups -OCH3 is 1. The molecule has 1 aliphatic heterocycles. The zero-order valence-electron chi connectivity index (χ0n) is 22.4. The van der Waals surface area contributed by atoms with Crippen molar-refractivity contribution in [2.75, 3.05) is 37.8 Å². The van der Waals surface area contributed by atoms with Crippen LogP contribution in [-0.2, 0) is 11.3 Å². The smallest absolute Gasteiger partial charge is 0.495 e. The van der Waals surface area contributed by atoms with Crippen molar-refractivity contribution in [3.63, 3.8) is 0 Å². The number of halogens is 3. The number of carbonyl (C=O) groups excluding carboxylic acids is 3. The van der Waals surface area contributed by atoms with Crippen LogP contribution in [-0.4, -0.2) is 67.9 Å². The van der Waals surface area contributed by atoms with Gasteiger partial charge in [0.15, 0.2) is 0 Å². The molecule has 40 heavy (non-hydrogen) atoms. The summed E-state index contributed by atoms with van der Waals surface area (Å²) in [6.07, 6.45) is -4.24. The number of carbonyl (C=O) groups is 3. The van der Waals surface area contributed by atoms with Crippen molar-refractivity contribution < 1.29 is 37.0 Å². The van der Waals surface area contributed by atoms with E-state index < -0.39 is 23.9 Å². The molecule has 0 aromatic heterocycles. The first-order valence-corrected chi connectivity index (χ1v) is 12.5. The summed E-state index contributed by atoms with van der Waals surface area (Å²) in [5, 5.41) is 10.8. The summed E-state index contributed by atoms with van der Waals surface area (Å²) in [6.45, 7) is 5.17. The molecule has 218 valence electrons. The van der Waals surface area contributed by atoms with E-state index in [0.717, 1.165) is 23.8 Å². The van der Waals surface area contributed by atoms with Crippen molar-refractivity contribution in [2.24, 2.45) is 0 Å². The number of amides is 4. The van der Waals surface area contributed by atoms with Gasteiger partial charge in [-0.25, -0.2) is 4.79 Å². The summed E-state index contributed by atoms with van der Waals surface area (Å²) in [5.41, 5.74) is 6.88. The molecule has 0 unspecified atom stereocenters. The lowest BCUT2D eigenvalue weighted by molar-refractivity contribution is -0.274. The topological polar surface area (TPSA) is 147 Å². The predicted molar refractivity (Wildman–Crippen MR) is 142 cm³/mol. The monoisotopic (exact) mass is 566 g/mol. The van der Waals surface area contributed by atoms with Crippen molar-refractivity contribution in [3.05, 3.63) is 47.5 Å². The van der Waals surface area contributed by atoms with Gasteiger partial charge in [0.05, 0.1) is 24.9 Å². The molecule has 3 rings (SSSR count). The minimum atomic E-state index is -4.92. The molecule has 1 saturated heterocycles. The van der Waals surface area contributed by atoms with Crippen LogP contribution < -0.4 is 36.5 Å². The first-order chi connectivity index (χ1) is 18.8. The molecule has 1 atom stereocenters. The first-order valence-electron chi connectivity index (χ1n) is 12.5. The number of nitrogens with two attached hydrogens (primary N) is 1. The quantitative estimate of drug-likeness (QED) is 0.278. The number of likely N-dealkylation sites (tertiary alicyclic amines) is 1. The molecule has 14 heteroatoms. The number of nitrogen functional groups attached to an aromatic ring is 1. The SMILES string of the molecule is COc1ccc(CN2CC[C@@H](NC(=O)CNC(=O)c3cc(OC(F)(F)F)ccc3N)C2)cc1NC(=O)NC(C)C. The van der Waals surface area contributed by atoms with Crippen molar-refractivity contribution in [1.29, 1.82) is 0 Å². The number of anilines is 2. The van der Waals surface area contributed by atoms with E-state index in [0.29, 0.717) is 37.5 Å². The molecule has 1 heterocycles. The fourth-order valence-electron chi connectivity index (χ4n) is 4.19. The largest absolute Gasteiger partial charge is 0.573 e. The zero-order valence-corrected chi connectivity index (χ0v) is 22.4. The summed E-state index contributed by atoms with van der Waals surface area (Å²) in [4.78, 5) is 39.1. The summed E-state index contributed by atoms with van der Waals surface area (Å²) in [5.74, 6) is -1.33. The molecule has 6 N–H and O–H groups in total. The van der Waals surface area contributed by atoms with Gasteiger partial charge in [0.1, 0.15) is 11.5 Å². The summed E-state index contributed by atoms with van der Waals surface area (Å²) in [7, 11) is 1.52. The van der Waals surface area contributed by atoms with E-state index in [1.165, 1.54) is 7.11 Å². The Morgan fingerprint density at radius 2 is 1.90 bits per heavy atom. The lowest BCUT2D eigenvalue weighted by Crippen LogP contribution is -2.43. The molecule has 2 aromatic rings. The number of benzene rings is 2. The van der Waals surface area contributed by atoms with Gasteiger partial charge >= 0.3 is 12.4 Å². The van der Waals surface area contributed by atoms with Crippen LogP contribution in [0, 0.1) is 0 Å². The molecule has 0 bridgehead atoms. The Labute approximate surface area is 229 Å². The second-order valence-electron chi connectivity index (χ2n) is 9.56. The van der Waals surface area contributed by atoms with Crippen molar-refractivity contribution in [1.82, 2.24) is 20.9 Å². The van der Waals surface area contributed by atoms with Crippen LogP contribution >= 0.6 is 0 Å². The first kappa shape index (κ1) is 30.3. The number of rotatable bonds is 10. The molecule has 1 fully saturated rings. The zero-order chi connectivity index (χ0) is 29.4. The maximum atomic E-state index is 12.5. The Bertz CT molecular complexity index is 1220. The van der Waals surface area contributed by atoms with Crippen molar-refractivity contribution in [2.45, 2.75) is 45.3 Å². The summed E-state index contributed by atoms with van der Waals surface area (Å²) >= 11 is 0. The van der Waals surface area contributed by atoms with E-state index in [2.05, 4.69) is 30.9 Å². The van der Waals surface area contributed by atoms with Gasteiger partial charge in [-0.05, 0) is 56.2 Å². The highest BCUT2D eigenvalue weighted by Crippen LogP contribution is 2.27. The number of urea groups is 1. The second-order valence-corrected chi connectivity index (χ2v) is 9.56. The molecule has 0 aliphatic carbocycles. The van der Waals surface area contributed by atoms with Gasteiger partial charge in [-0.15, -0.1) is 13.2 Å². The van der Waals surface area contributed by atoms with E-state index in [-0.39, 0.29) is 35.9 Å². The number of hydrogen-bond acceptors (Lipinski definition) is 7. The molecule has 0 saturated carbocycles. The maximum absolute atomic E-state index is 12.5. The van der Waals surface area contributed by atoms with Crippen LogP contribution in [0.3, 0.4) is 0 Å². The molecule has 11 nitrogen and oxygen atoms in total. The fraction of sp³-hybridized carbons (Fsp3) is 0.423. The van der Waals surface area contributed by atoms with Gasteiger partial charge in [-0.3, -0.25) is 14.5 Å². The summed E-state index contributed by atoms with van der Waals surface area (Å²) < 4.78 is 46.6. The minimum absolute atomic E-state index is 0.0264. The van der Waals surface area contributed by atoms with Gasteiger partial charge in [0.2, 0.25) is 5.91 Å². The van der Waals surface area contributed by atoms with Crippen LogP contribution in [0.4, 0.5) is 29.3 Å². The standard InChI is InChI=1S/C26H33F3N6O5/c1-15(2)32-25(38)34-21-10-16(4-7-22(21)39-3)13-35-9-8-17(14-35)33-23(36)12-31-24(37)19-11-18(5-6-20(19)30)40-26(27,28)29/h4-7,10-11,15,17H,8-9,12-14,30H2,1-3H3,(H,31,37)(H,33,36)(H2,32,34,38)/t17-/m1/s1. The average Bonchev–Trinajstić information content (AvgIpc) is 3.29. The highest BCUT2D eigenvalue weighted by atomic mass is 19.4. The molecule has 0 radical (unpaired) electrons. The van der Waals surface area contributed by atoms with E-state index in [1.807, 2.05) is 26.0 Å². The molecular weight excluding hydrogens is 533 g/mol. The fourth-order valence-corrected chi connectivity index (χ4v) is 4.19. The van der Waals surface area contributed by atoms with Gasteiger partial charge in [-0.2, -0.15) is 0 Å². The number of nitrogens with one attached hydrogen (secondary N) is 4. The van der Waals surface area contributed by atoms with E-state index in [9.17, 15) is 27.6 Å². The average molecular weight is 567 g/mol. The number of hydrogen-bond donors (Lipinski definition) is 5. The van der Waals surface area contributed by atoms with Gasteiger partial charge in [0.25, 0.3) is 5.91 Å². The Kier molecular flexibility index (Phi) is 10.0. The van der Waals surface area contributed by atoms with Crippen molar-refractivity contribution >= 4 is 29.2 Å². The maximum Gasteiger partial charge on any atom is 0.573 e. The van der Waals surface area contributed by atoms with Crippen molar-refractivity contribution in [3.8, 4) is 11.5 Å². The Morgan fingerprint density at radius 3 is 2.58 bits per heavy atom. The summed E-state index contributed by atoms with van der Waals surface area (Å²) in [6, 6.07) is 7.94. The Hall–Kier alpha value is -4.20. The molecular formula is C26H33F3N6O5. The Balaban J connectivity index is 1.49. The predicted octanol–water partition coefficient (Wildman–Crippen LogP) is 2.83. The second kappa shape index (κ2) is 13.2. The van der Waals surface area contributed by atoms with Crippen LogP contribution in [0.1, 0.15) is 36.2 Å². The van der Waals surface area contributed by atoms with Gasteiger partial charge in [-0.1, -0.05) is 6.07 Å². The lowest BCUT2D eigenvalue weighted by atomic mass is 10.1. The third-order valence-corrected chi connectivity index (χ3v) is 5.89. The molecule has 2 aromatic carbocycles. The molecule has 4 amide bonds. The third kappa shape index (κ3) is 9.22. The van der Waals surface area contributed by atoms with Crippen LogP contribution in [0.5, 0.6) is 11.5 Å². The van der Waals surface area contributed by atoms with Crippen LogP contribution in [0.25, 0.3) is 0 Å². The highest BCUT2D eigenvalue weighted by Gasteiger charge is 2.31. The molecule has 1 aliphatic rings. The number of alkyl halides is 3. The van der Waals surface area contributed by atoms with Gasteiger partial charge < -0.3 is 36.5 Å². The molecule has 0 spiro atoms. The highest BCUT2D eigenvalue weighted by molar-refractivity contribution is 6.01. The Morgan fingerprint density at radius 1 is 1.15 bits per heavy atom. The van der Waals surface area contributed by atoms with E-state index >= 15 is 0 Å². The number of ether oxygens (including phenoxy) is 2.